The van der Waals surface area contributed by atoms with Gasteiger partial charge in [0, 0.05) is 0 Å². The smallest absolute Gasteiger partial charge is 0.224 e. The van der Waals surface area contributed by atoms with E-state index in [9.17, 15) is 4.79 Å². The van der Waals surface area contributed by atoms with Gasteiger partial charge >= 0.3 is 0 Å². The summed E-state index contributed by atoms with van der Waals surface area (Å²) in [4.78, 5) is 10.3. The van der Waals surface area contributed by atoms with Crippen LogP contribution in [-0.4, -0.2) is 11.6 Å². The van der Waals surface area contributed by atoms with Crippen molar-refractivity contribution in [2.75, 3.05) is 0 Å². The molecule has 48 valence electrons. The molecule has 2 nitrogen and oxygen atoms in total. The summed E-state index contributed by atoms with van der Waals surface area (Å²) in [5.41, 5.74) is 4.90. The number of amides is 1. The fourth-order valence-corrected chi connectivity index (χ4v) is 0.329. The quantitative estimate of drug-likeness (QED) is 0.543. The number of carbonyl (C=O) groups excluding carboxylic acids is 1. The van der Waals surface area contributed by atoms with E-state index < -0.39 is 0 Å². The van der Waals surface area contributed by atoms with Crippen molar-refractivity contribution in [1.29, 1.82) is 0 Å². The van der Waals surface area contributed by atoms with Gasteiger partial charge in [0.1, 0.15) is 0 Å². The Morgan fingerprint density at radius 3 is 2.00 bits per heavy atom. The monoisotopic (exact) mass is 133 g/mol. The molecular formula is C5H12NOP. The molecule has 0 aliphatic rings. The van der Waals surface area contributed by atoms with Crippen LogP contribution in [0.15, 0.2) is 0 Å². The highest BCUT2D eigenvalue weighted by Crippen LogP contribution is 2.10. The van der Waals surface area contributed by atoms with E-state index in [0.717, 1.165) is 0 Å². The van der Waals surface area contributed by atoms with Crippen LogP contribution in [-0.2, 0) is 4.79 Å². The Hall–Kier alpha value is -0.100. The van der Waals surface area contributed by atoms with Crippen LogP contribution < -0.4 is 5.73 Å². The van der Waals surface area contributed by atoms with Crippen LogP contribution >= 0.6 is 9.24 Å². The largest absolute Gasteiger partial charge is 0.369 e. The van der Waals surface area contributed by atoms with Gasteiger partial charge in [-0.05, 0) is 5.92 Å². The van der Waals surface area contributed by atoms with Gasteiger partial charge in [0.15, 0.2) is 0 Å². The van der Waals surface area contributed by atoms with Crippen LogP contribution in [0.2, 0.25) is 0 Å². The molecule has 2 N–H and O–H groups in total. The highest BCUT2D eigenvalue weighted by molar-refractivity contribution is 7.19. The third kappa shape index (κ3) is 2.27. The number of rotatable bonds is 2. The first kappa shape index (κ1) is 7.90. The second-order valence-corrected chi connectivity index (χ2v) is 2.89. The molecule has 0 fully saturated rings. The molecule has 0 rings (SSSR count). The summed E-state index contributed by atoms with van der Waals surface area (Å²) in [5, 5.41) is 0. The van der Waals surface area contributed by atoms with Gasteiger partial charge < -0.3 is 5.73 Å². The molecule has 0 bridgehead atoms. The molecule has 1 amide bonds. The zero-order chi connectivity index (χ0) is 6.73. The van der Waals surface area contributed by atoms with Gasteiger partial charge in [0.25, 0.3) is 0 Å². The van der Waals surface area contributed by atoms with Gasteiger partial charge in [0.05, 0.1) is 5.66 Å². The zero-order valence-corrected chi connectivity index (χ0v) is 6.37. The van der Waals surface area contributed by atoms with Crippen LogP contribution in [0.4, 0.5) is 0 Å². The maximum Gasteiger partial charge on any atom is 0.224 e. The Labute approximate surface area is 52.0 Å². The summed E-state index contributed by atoms with van der Waals surface area (Å²) in [7, 11) is 2.41. The lowest BCUT2D eigenvalue weighted by Gasteiger charge is -2.08. The zero-order valence-electron chi connectivity index (χ0n) is 5.22. The van der Waals surface area contributed by atoms with E-state index in [2.05, 4.69) is 9.24 Å². The van der Waals surface area contributed by atoms with Crippen molar-refractivity contribution in [3.05, 3.63) is 0 Å². The number of hydrogen-bond acceptors (Lipinski definition) is 1. The summed E-state index contributed by atoms with van der Waals surface area (Å²) in [5.74, 6) is 0.0856. The third-order valence-electron chi connectivity index (χ3n) is 1.05. The van der Waals surface area contributed by atoms with Crippen LogP contribution in [0.5, 0.6) is 0 Å². The maximum atomic E-state index is 10.3. The molecule has 3 heteroatoms. The van der Waals surface area contributed by atoms with Crippen LogP contribution in [0.1, 0.15) is 13.8 Å². The van der Waals surface area contributed by atoms with Gasteiger partial charge in [0.2, 0.25) is 5.91 Å². The standard InChI is InChI=1S/C5H12NOP/c1-3(2)4(8)5(6)7/h3-4H,8H2,1-2H3,(H2,6,7). The number of carbonyl (C=O) groups is 1. The molecular weight excluding hydrogens is 121 g/mol. The Morgan fingerprint density at radius 2 is 2.00 bits per heavy atom. The molecule has 0 aliphatic heterocycles. The first-order valence-electron chi connectivity index (χ1n) is 2.60. The third-order valence-corrected chi connectivity index (χ3v) is 2.15. The Balaban J connectivity index is 3.64. The van der Waals surface area contributed by atoms with E-state index in [0.29, 0.717) is 5.92 Å². The molecule has 0 aliphatic carbocycles. The molecule has 0 saturated carbocycles. The lowest BCUT2D eigenvalue weighted by atomic mass is 10.1. The maximum absolute atomic E-state index is 10.3. The number of nitrogens with two attached hydrogens (primary N) is 1. The van der Waals surface area contributed by atoms with Gasteiger partial charge in [-0.1, -0.05) is 13.8 Å². The summed E-state index contributed by atoms with van der Waals surface area (Å²) in [6.07, 6.45) is 0. The Morgan fingerprint density at radius 1 is 1.62 bits per heavy atom. The van der Waals surface area contributed by atoms with Crippen molar-refractivity contribution in [3.8, 4) is 0 Å². The van der Waals surface area contributed by atoms with Crippen LogP contribution in [0, 0.1) is 5.92 Å². The second kappa shape index (κ2) is 3.03. The molecule has 0 aromatic carbocycles. The van der Waals surface area contributed by atoms with Gasteiger partial charge in [-0.2, -0.15) is 0 Å². The topological polar surface area (TPSA) is 43.1 Å². The Kier molecular flexibility index (Phi) is 2.99. The normalized spacial score (nSPS) is 14.0. The molecule has 2 unspecified atom stereocenters. The highest BCUT2D eigenvalue weighted by Gasteiger charge is 2.11. The summed E-state index contributed by atoms with van der Waals surface area (Å²) in [6, 6.07) is 0. The van der Waals surface area contributed by atoms with Gasteiger partial charge in [-0.25, -0.2) is 0 Å². The van der Waals surface area contributed by atoms with Crippen molar-refractivity contribution < 1.29 is 4.79 Å². The molecule has 0 spiro atoms. The van der Waals surface area contributed by atoms with Gasteiger partial charge in [-0.15, -0.1) is 9.24 Å². The van der Waals surface area contributed by atoms with E-state index in [1.165, 1.54) is 0 Å². The minimum Gasteiger partial charge on any atom is -0.369 e. The first-order valence-corrected chi connectivity index (χ1v) is 3.27. The van der Waals surface area contributed by atoms with E-state index >= 15 is 0 Å². The van der Waals surface area contributed by atoms with E-state index in [-0.39, 0.29) is 11.6 Å². The molecule has 0 saturated heterocycles. The van der Waals surface area contributed by atoms with Crippen LogP contribution in [0.3, 0.4) is 0 Å². The highest BCUT2D eigenvalue weighted by atomic mass is 31.0. The fraction of sp³-hybridized carbons (Fsp3) is 0.800. The molecule has 2 atom stereocenters. The van der Waals surface area contributed by atoms with Crippen molar-refractivity contribution in [1.82, 2.24) is 0 Å². The summed E-state index contributed by atoms with van der Waals surface area (Å²) >= 11 is 0. The van der Waals surface area contributed by atoms with E-state index in [1.807, 2.05) is 13.8 Å². The van der Waals surface area contributed by atoms with Gasteiger partial charge in [-0.3, -0.25) is 4.79 Å². The van der Waals surface area contributed by atoms with Crippen molar-refractivity contribution in [2.45, 2.75) is 19.5 Å². The molecule has 0 heterocycles. The lowest BCUT2D eigenvalue weighted by Crippen LogP contribution is -2.27. The van der Waals surface area contributed by atoms with E-state index in [4.69, 9.17) is 5.73 Å². The average molecular weight is 133 g/mol. The molecule has 0 aromatic rings. The SMILES string of the molecule is CC(C)C(P)C(N)=O. The Bertz CT molecular complexity index is 92.4. The van der Waals surface area contributed by atoms with E-state index in [1.54, 1.807) is 0 Å². The number of hydrogen-bond donors (Lipinski definition) is 1. The fourth-order valence-electron chi connectivity index (χ4n) is 0.329. The predicted molar refractivity (Wildman–Crippen MR) is 37.5 cm³/mol. The van der Waals surface area contributed by atoms with Crippen LogP contribution in [0.25, 0.3) is 0 Å². The average Bonchev–Trinajstić information content (AvgIpc) is 1.64. The van der Waals surface area contributed by atoms with Crippen molar-refractivity contribution in [2.24, 2.45) is 11.7 Å². The predicted octanol–water partition coefficient (Wildman–Crippen LogP) is 0.371. The van der Waals surface area contributed by atoms with Crippen molar-refractivity contribution >= 4 is 15.1 Å². The first-order chi connectivity index (χ1) is 3.55. The number of primary amides is 1. The second-order valence-electron chi connectivity index (χ2n) is 2.17. The minimum atomic E-state index is -0.245. The molecule has 0 aromatic heterocycles. The molecule has 0 radical (unpaired) electrons. The minimum absolute atomic E-state index is 0.0741. The summed E-state index contributed by atoms with van der Waals surface area (Å²) in [6.45, 7) is 3.92. The van der Waals surface area contributed by atoms with Crippen molar-refractivity contribution in [3.63, 3.8) is 0 Å². The molecule has 8 heavy (non-hydrogen) atoms. The summed E-state index contributed by atoms with van der Waals surface area (Å²) < 4.78 is 0. The lowest BCUT2D eigenvalue weighted by molar-refractivity contribution is -0.118.